The Morgan fingerprint density at radius 3 is 3.10 bits per heavy atom. The summed E-state index contributed by atoms with van der Waals surface area (Å²) < 4.78 is 7.66. The van der Waals surface area contributed by atoms with Crippen molar-refractivity contribution in [2.45, 2.75) is 50.5 Å². The van der Waals surface area contributed by atoms with Crippen molar-refractivity contribution in [2.24, 2.45) is 0 Å². The van der Waals surface area contributed by atoms with E-state index in [1.54, 1.807) is 11.3 Å². The molecule has 1 N–H and O–H groups in total. The van der Waals surface area contributed by atoms with E-state index < -0.39 is 0 Å². The molecule has 0 aliphatic carbocycles. The Bertz CT molecular complexity index is 624. The van der Waals surface area contributed by atoms with Crippen LogP contribution in [0.4, 0.5) is 0 Å². The van der Waals surface area contributed by atoms with Crippen LogP contribution in [-0.4, -0.2) is 39.5 Å². The summed E-state index contributed by atoms with van der Waals surface area (Å²) >= 11 is 1.69. The molecule has 6 nitrogen and oxygen atoms in total. The van der Waals surface area contributed by atoms with Gasteiger partial charge in [-0.15, -0.1) is 10.2 Å². The first-order valence-corrected chi connectivity index (χ1v) is 8.69. The highest BCUT2D eigenvalue weighted by Gasteiger charge is 2.36. The zero-order valence-corrected chi connectivity index (χ0v) is 13.2. The van der Waals surface area contributed by atoms with Gasteiger partial charge in [0, 0.05) is 18.6 Å². The second-order valence-electron chi connectivity index (χ2n) is 6.08. The number of hydrogen-bond acceptors (Lipinski definition) is 6. The molecule has 2 aromatic heterocycles. The van der Waals surface area contributed by atoms with Crippen LogP contribution >= 0.6 is 11.3 Å². The van der Waals surface area contributed by atoms with Crippen molar-refractivity contribution in [2.75, 3.05) is 19.7 Å². The Labute approximate surface area is 127 Å². The largest absolute Gasteiger partial charge is 0.370 e. The third-order valence-corrected chi connectivity index (χ3v) is 5.98. The molecule has 2 atom stereocenters. The summed E-state index contributed by atoms with van der Waals surface area (Å²) in [4.78, 5) is 0.897. The summed E-state index contributed by atoms with van der Waals surface area (Å²) in [5.41, 5.74) is 0.164. The van der Waals surface area contributed by atoms with Crippen LogP contribution in [-0.2, 0) is 10.2 Å². The van der Waals surface area contributed by atoms with Crippen molar-refractivity contribution in [3.63, 3.8) is 0 Å². The van der Waals surface area contributed by atoms with Crippen LogP contribution in [0.5, 0.6) is 0 Å². The Morgan fingerprint density at radius 2 is 2.38 bits per heavy atom. The summed E-state index contributed by atoms with van der Waals surface area (Å²) in [6.45, 7) is 5.21. The van der Waals surface area contributed by atoms with Gasteiger partial charge in [0.2, 0.25) is 4.96 Å². The number of nitrogens with one attached hydrogen (secondary N) is 1. The minimum atomic E-state index is 0.0667. The molecule has 4 rings (SSSR count). The summed E-state index contributed by atoms with van der Waals surface area (Å²) in [7, 11) is 0. The lowest BCUT2D eigenvalue weighted by Gasteiger charge is -2.34. The molecule has 2 aliphatic heterocycles. The number of nitrogens with zero attached hydrogens (tertiary/aromatic N) is 4. The van der Waals surface area contributed by atoms with Crippen LogP contribution in [0.2, 0.25) is 0 Å². The lowest BCUT2D eigenvalue weighted by atomic mass is 9.79. The fourth-order valence-electron chi connectivity index (χ4n) is 3.43. The van der Waals surface area contributed by atoms with Crippen molar-refractivity contribution < 1.29 is 4.74 Å². The minimum absolute atomic E-state index is 0.0667. The molecule has 2 aromatic rings. The first-order chi connectivity index (χ1) is 10.3. The lowest BCUT2D eigenvalue weighted by Crippen LogP contribution is -2.43. The van der Waals surface area contributed by atoms with Gasteiger partial charge in [0.1, 0.15) is 11.1 Å². The molecule has 2 aliphatic rings. The molecule has 0 spiro atoms. The molecule has 4 heterocycles. The fraction of sp³-hybridized carbons (Fsp3) is 0.786. The second-order valence-corrected chi connectivity index (χ2v) is 7.03. The smallest absolute Gasteiger partial charge is 0.234 e. The topological polar surface area (TPSA) is 64.3 Å². The van der Waals surface area contributed by atoms with Crippen molar-refractivity contribution in [1.82, 2.24) is 25.1 Å². The quantitative estimate of drug-likeness (QED) is 0.940. The van der Waals surface area contributed by atoms with Crippen molar-refractivity contribution in [3.8, 4) is 0 Å². The summed E-state index contributed by atoms with van der Waals surface area (Å²) in [5.74, 6) is 0.875. The number of ether oxygens (including phenoxy) is 1. The predicted molar refractivity (Wildman–Crippen MR) is 80.7 cm³/mol. The van der Waals surface area contributed by atoms with Crippen LogP contribution in [0.15, 0.2) is 0 Å². The molecule has 0 bridgehead atoms. The number of hydrogen-bond donors (Lipinski definition) is 1. The highest BCUT2D eigenvalue weighted by atomic mass is 32.1. The van der Waals surface area contributed by atoms with Gasteiger partial charge in [-0.05, 0) is 38.6 Å². The minimum Gasteiger partial charge on any atom is -0.370 e. The third-order valence-electron chi connectivity index (χ3n) is 4.84. The van der Waals surface area contributed by atoms with E-state index in [1.807, 2.05) is 4.52 Å². The second kappa shape index (κ2) is 5.30. The van der Waals surface area contributed by atoms with Gasteiger partial charge in [-0.2, -0.15) is 9.61 Å². The highest BCUT2D eigenvalue weighted by Crippen LogP contribution is 2.37. The van der Waals surface area contributed by atoms with Crippen LogP contribution in [0, 0.1) is 0 Å². The zero-order chi connectivity index (χ0) is 14.3. The molecule has 0 saturated carbocycles. The summed E-state index contributed by atoms with van der Waals surface area (Å²) in [6.07, 6.45) is 5.71. The van der Waals surface area contributed by atoms with E-state index in [4.69, 9.17) is 9.84 Å². The number of rotatable bonds is 3. The lowest BCUT2D eigenvalue weighted by molar-refractivity contribution is 0.103. The van der Waals surface area contributed by atoms with Crippen molar-refractivity contribution >= 4 is 16.3 Å². The average Bonchev–Trinajstić information content (AvgIpc) is 3.23. The highest BCUT2D eigenvalue weighted by molar-refractivity contribution is 7.16. The van der Waals surface area contributed by atoms with Crippen LogP contribution in [0.25, 0.3) is 4.96 Å². The first-order valence-electron chi connectivity index (χ1n) is 7.87. The molecule has 2 fully saturated rings. The maximum Gasteiger partial charge on any atom is 0.234 e. The molecule has 2 unspecified atom stereocenters. The van der Waals surface area contributed by atoms with E-state index in [0.717, 1.165) is 49.7 Å². The van der Waals surface area contributed by atoms with Gasteiger partial charge in [-0.3, -0.25) is 0 Å². The van der Waals surface area contributed by atoms with Gasteiger partial charge < -0.3 is 10.1 Å². The Balaban J connectivity index is 1.73. The van der Waals surface area contributed by atoms with Gasteiger partial charge in [-0.25, -0.2) is 0 Å². The molecular formula is C14H21N5OS. The SMILES string of the molecule is CCC1(c2nn3c(C4CCCO4)nnc3s2)CCCNC1. The zero-order valence-electron chi connectivity index (χ0n) is 12.3. The van der Waals surface area contributed by atoms with Gasteiger partial charge in [0.25, 0.3) is 0 Å². The van der Waals surface area contributed by atoms with Crippen LogP contribution < -0.4 is 5.32 Å². The van der Waals surface area contributed by atoms with E-state index in [2.05, 4.69) is 22.4 Å². The standard InChI is InChI=1S/C14H21N5OS/c1-2-14(6-4-7-15-9-14)12-18-19-11(10-5-3-8-20-10)16-17-13(19)21-12/h10,15H,2-9H2,1H3. The third kappa shape index (κ3) is 2.18. The Kier molecular flexibility index (Phi) is 3.43. The van der Waals surface area contributed by atoms with Crippen LogP contribution in [0.3, 0.4) is 0 Å². The molecule has 2 saturated heterocycles. The molecule has 7 heteroatoms. The summed E-state index contributed by atoms with van der Waals surface area (Å²) in [5, 5.41) is 18.2. The van der Waals surface area contributed by atoms with Gasteiger partial charge >= 0.3 is 0 Å². The Hall–Kier alpha value is -1.05. The molecule has 0 radical (unpaired) electrons. The molecule has 0 amide bonds. The summed E-state index contributed by atoms with van der Waals surface area (Å²) in [6, 6.07) is 0. The molecule has 21 heavy (non-hydrogen) atoms. The average molecular weight is 307 g/mol. The first kappa shape index (κ1) is 13.6. The normalized spacial score (nSPS) is 30.2. The van der Waals surface area contributed by atoms with Crippen molar-refractivity contribution in [1.29, 1.82) is 0 Å². The van der Waals surface area contributed by atoms with E-state index in [9.17, 15) is 0 Å². The number of piperidine rings is 1. The van der Waals surface area contributed by atoms with E-state index >= 15 is 0 Å². The van der Waals surface area contributed by atoms with Crippen molar-refractivity contribution in [3.05, 3.63) is 10.8 Å². The van der Waals surface area contributed by atoms with Gasteiger partial charge in [0.05, 0.1) is 0 Å². The predicted octanol–water partition coefficient (Wildman–Crippen LogP) is 2.07. The van der Waals surface area contributed by atoms with Crippen LogP contribution in [0.1, 0.15) is 56.0 Å². The van der Waals surface area contributed by atoms with E-state index in [1.165, 1.54) is 17.8 Å². The van der Waals surface area contributed by atoms with Gasteiger partial charge in [0.15, 0.2) is 5.82 Å². The fourth-order valence-corrected chi connectivity index (χ4v) is 4.56. The molecular weight excluding hydrogens is 286 g/mol. The van der Waals surface area contributed by atoms with E-state index in [-0.39, 0.29) is 11.5 Å². The Morgan fingerprint density at radius 1 is 1.43 bits per heavy atom. The number of fused-ring (bicyclic) bond motifs is 1. The maximum atomic E-state index is 5.74. The van der Waals surface area contributed by atoms with E-state index in [0.29, 0.717) is 0 Å². The monoisotopic (exact) mass is 307 g/mol. The van der Waals surface area contributed by atoms with Gasteiger partial charge in [-0.1, -0.05) is 18.3 Å². The molecule has 0 aromatic carbocycles. The maximum absolute atomic E-state index is 5.74. The molecule has 114 valence electrons. The number of aromatic nitrogens is 4.